The van der Waals surface area contributed by atoms with Gasteiger partial charge in [-0.05, 0) is 33.6 Å². The number of nitrogens with zero attached hydrogens (tertiary/aromatic N) is 3. The van der Waals surface area contributed by atoms with Crippen LogP contribution in [0.15, 0.2) is 6.20 Å². The molecule has 0 bridgehead atoms. The minimum absolute atomic E-state index is 0.0447. The van der Waals surface area contributed by atoms with Crippen molar-refractivity contribution >= 4 is 16.2 Å². The summed E-state index contributed by atoms with van der Waals surface area (Å²) >= 11 is 0. The average molecular weight is 460 g/mol. The zero-order valence-electron chi connectivity index (χ0n) is 19.8. The molecule has 0 aliphatic carbocycles. The summed E-state index contributed by atoms with van der Waals surface area (Å²) in [7, 11) is -1.85. The zero-order valence-corrected chi connectivity index (χ0v) is 20.6. The lowest BCUT2D eigenvalue weighted by molar-refractivity contribution is 0.0202. The number of piperidine rings is 1. The molecule has 1 fully saturated rings. The molecule has 1 aliphatic heterocycles. The maximum absolute atomic E-state index is 12.4. The van der Waals surface area contributed by atoms with Gasteiger partial charge in [0.25, 0.3) is 10.1 Å². The summed E-state index contributed by atoms with van der Waals surface area (Å²) in [5.41, 5.74) is 0.0771. The SMILES string of the molecule is COCC(C)(C)c1cn(CCOS(C)(=O)=O)c(C2CCN(C(=O)OC(C)(C)C)CC2)n1. The van der Waals surface area contributed by atoms with Gasteiger partial charge in [-0.2, -0.15) is 8.42 Å². The zero-order chi connectivity index (χ0) is 23.4. The Balaban J connectivity index is 2.16. The average Bonchev–Trinajstić information content (AvgIpc) is 3.04. The Morgan fingerprint density at radius 2 is 1.81 bits per heavy atom. The van der Waals surface area contributed by atoms with Crippen LogP contribution in [0.3, 0.4) is 0 Å². The van der Waals surface area contributed by atoms with Crippen molar-refractivity contribution in [3.8, 4) is 0 Å². The monoisotopic (exact) mass is 459 g/mol. The third-order valence-corrected chi connectivity index (χ3v) is 5.74. The van der Waals surface area contributed by atoms with E-state index in [1.165, 1.54) is 0 Å². The molecule has 0 radical (unpaired) electrons. The number of methoxy groups -OCH3 is 1. The highest BCUT2D eigenvalue weighted by molar-refractivity contribution is 7.85. The Kier molecular flexibility index (Phi) is 8.15. The Hall–Kier alpha value is -1.65. The second-order valence-corrected chi connectivity index (χ2v) is 11.4. The lowest BCUT2D eigenvalue weighted by Gasteiger charge is -2.33. The van der Waals surface area contributed by atoms with Gasteiger partial charge in [0.05, 0.1) is 25.2 Å². The molecule has 0 unspecified atom stereocenters. The van der Waals surface area contributed by atoms with Gasteiger partial charge in [-0.1, -0.05) is 13.8 Å². The summed E-state index contributed by atoms with van der Waals surface area (Å²) in [6, 6.07) is 0. The van der Waals surface area contributed by atoms with E-state index in [-0.39, 0.29) is 24.0 Å². The van der Waals surface area contributed by atoms with E-state index in [0.717, 1.165) is 30.6 Å². The van der Waals surface area contributed by atoms with E-state index >= 15 is 0 Å². The largest absolute Gasteiger partial charge is 0.444 e. The van der Waals surface area contributed by atoms with Crippen molar-refractivity contribution in [2.24, 2.45) is 0 Å². The number of aromatic nitrogens is 2. The molecule has 0 atom stereocenters. The quantitative estimate of drug-likeness (QED) is 0.551. The van der Waals surface area contributed by atoms with Gasteiger partial charge in [0.2, 0.25) is 0 Å². The molecular formula is C21H37N3O6S. The van der Waals surface area contributed by atoms with Crippen molar-refractivity contribution in [3.63, 3.8) is 0 Å². The standard InChI is InChI=1S/C21H37N3O6S/c1-20(2,3)30-19(25)23-10-8-16(9-11-23)18-22-17(21(4,5)15-28-6)14-24(18)12-13-29-31(7,26)27/h14,16H,8-13,15H2,1-7H3. The van der Waals surface area contributed by atoms with E-state index < -0.39 is 15.7 Å². The Morgan fingerprint density at radius 3 is 2.32 bits per heavy atom. The number of hydrogen-bond donors (Lipinski definition) is 0. The van der Waals surface area contributed by atoms with E-state index in [0.29, 0.717) is 26.2 Å². The first-order valence-electron chi connectivity index (χ1n) is 10.6. The van der Waals surface area contributed by atoms with Crippen LogP contribution in [0, 0.1) is 0 Å². The van der Waals surface area contributed by atoms with E-state index in [1.807, 2.05) is 31.5 Å². The molecule has 1 aliphatic rings. The second-order valence-electron chi connectivity index (χ2n) is 9.76. The second kappa shape index (κ2) is 9.87. The van der Waals surface area contributed by atoms with Crippen LogP contribution in [0.4, 0.5) is 4.79 Å². The summed E-state index contributed by atoms with van der Waals surface area (Å²) in [6.07, 6.45) is 4.22. The predicted molar refractivity (Wildman–Crippen MR) is 118 cm³/mol. The molecule has 2 heterocycles. The first-order chi connectivity index (χ1) is 14.2. The highest BCUT2D eigenvalue weighted by atomic mass is 32.2. The Labute approximate surface area is 186 Å². The smallest absolute Gasteiger partial charge is 0.410 e. The molecule has 1 saturated heterocycles. The number of carbonyl (C=O) groups is 1. The number of rotatable bonds is 8. The van der Waals surface area contributed by atoms with Crippen molar-refractivity contribution in [1.29, 1.82) is 0 Å². The molecule has 0 spiro atoms. The third-order valence-electron chi connectivity index (χ3n) is 5.15. The van der Waals surface area contributed by atoms with Crippen LogP contribution < -0.4 is 0 Å². The van der Waals surface area contributed by atoms with Crippen LogP contribution in [-0.4, -0.2) is 74.2 Å². The fourth-order valence-electron chi connectivity index (χ4n) is 3.63. The molecule has 1 aromatic heterocycles. The normalized spacial score (nSPS) is 16.5. The molecule has 9 nitrogen and oxygen atoms in total. The molecular weight excluding hydrogens is 422 g/mol. The maximum atomic E-state index is 12.4. The molecule has 31 heavy (non-hydrogen) atoms. The van der Waals surface area contributed by atoms with E-state index in [1.54, 1.807) is 12.0 Å². The summed E-state index contributed by atoms with van der Waals surface area (Å²) in [5, 5.41) is 0. The van der Waals surface area contributed by atoms with Crippen molar-refractivity contribution in [3.05, 3.63) is 17.7 Å². The number of amides is 1. The van der Waals surface area contributed by atoms with Crippen molar-refractivity contribution in [2.75, 3.05) is 39.7 Å². The number of carbonyl (C=O) groups excluding carboxylic acids is 1. The minimum Gasteiger partial charge on any atom is -0.444 e. The molecule has 0 N–H and O–H groups in total. The van der Waals surface area contributed by atoms with E-state index in [9.17, 15) is 13.2 Å². The molecule has 10 heteroatoms. The maximum Gasteiger partial charge on any atom is 0.410 e. The highest BCUT2D eigenvalue weighted by Crippen LogP contribution is 2.31. The van der Waals surface area contributed by atoms with Crippen LogP contribution in [0.2, 0.25) is 0 Å². The van der Waals surface area contributed by atoms with Crippen LogP contribution in [0.5, 0.6) is 0 Å². The van der Waals surface area contributed by atoms with Gasteiger partial charge in [0.15, 0.2) is 0 Å². The Bertz CT molecular complexity index is 849. The van der Waals surface area contributed by atoms with Gasteiger partial charge in [0, 0.05) is 44.3 Å². The number of imidazole rings is 1. The first-order valence-corrected chi connectivity index (χ1v) is 12.4. The molecule has 0 aromatic carbocycles. The van der Waals surface area contributed by atoms with E-state index in [2.05, 4.69) is 13.8 Å². The topological polar surface area (TPSA) is 100.0 Å². The van der Waals surface area contributed by atoms with Crippen molar-refractivity contribution < 1.29 is 26.9 Å². The van der Waals surface area contributed by atoms with E-state index in [4.69, 9.17) is 18.6 Å². The van der Waals surface area contributed by atoms with Crippen LogP contribution in [0.1, 0.15) is 64.9 Å². The van der Waals surface area contributed by atoms with Crippen molar-refractivity contribution in [2.45, 2.75) is 70.9 Å². The first kappa shape index (κ1) is 25.6. The van der Waals surface area contributed by atoms with Crippen LogP contribution in [-0.2, 0) is 35.7 Å². The molecule has 2 rings (SSSR count). The highest BCUT2D eigenvalue weighted by Gasteiger charge is 2.32. The third kappa shape index (κ3) is 7.76. The van der Waals surface area contributed by atoms with Crippen LogP contribution in [0.25, 0.3) is 0 Å². The van der Waals surface area contributed by atoms with Gasteiger partial charge < -0.3 is 18.9 Å². The minimum atomic E-state index is -3.51. The molecule has 1 amide bonds. The molecule has 1 aromatic rings. The summed E-state index contributed by atoms with van der Waals surface area (Å²) < 4.78 is 40.4. The lowest BCUT2D eigenvalue weighted by Crippen LogP contribution is -2.41. The number of ether oxygens (including phenoxy) is 2. The number of likely N-dealkylation sites (tertiary alicyclic amines) is 1. The lowest BCUT2D eigenvalue weighted by atomic mass is 9.91. The van der Waals surface area contributed by atoms with Gasteiger partial charge in [0.1, 0.15) is 11.4 Å². The predicted octanol–water partition coefficient (Wildman–Crippen LogP) is 2.90. The van der Waals surface area contributed by atoms with Gasteiger partial charge >= 0.3 is 6.09 Å². The summed E-state index contributed by atoms with van der Waals surface area (Å²) in [6.45, 7) is 11.8. The molecule has 0 saturated carbocycles. The molecule has 178 valence electrons. The van der Waals surface area contributed by atoms with Gasteiger partial charge in [-0.3, -0.25) is 4.18 Å². The summed E-state index contributed by atoms with van der Waals surface area (Å²) in [5.74, 6) is 1.05. The van der Waals surface area contributed by atoms with Crippen molar-refractivity contribution in [1.82, 2.24) is 14.5 Å². The fourth-order valence-corrected chi connectivity index (χ4v) is 4.01. The van der Waals surface area contributed by atoms with Gasteiger partial charge in [-0.25, -0.2) is 9.78 Å². The summed E-state index contributed by atoms with van der Waals surface area (Å²) in [4.78, 5) is 19.0. The number of hydrogen-bond acceptors (Lipinski definition) is 7. The Morgan fingerprint density at radius 1 is 1.19 bits per heavy atom. The van der Waals surface area contributed by atoms with Gasteiger partial charge in [-0.15, -0.1) is 0 Å². The fraction of sp³-hybridized carbons (Fsp3) is 0.810. The van der Waals surface area contributed by atoms with Crippen LogP contribution >= 0.6 is 0 Å².